The zero-order valence-corrected chi connectivity index (χ0v) is 9.38. The van der Waals surface area contributed by atoms with Crippen LogP contribution < -0.4 is 0 Å². The summed E-state index contributed by atoms with van der Waals surface area (Å²) < 4.78 is 0. The first kappa shape index (κ1) is 10.2. The van der Waals surface area contributed by atoms with Crippen LogP contribution in [0, 0.1) is 6.92 Å². The van der Waals surface area contributed by atoms with Gasteiger partial charge in [-0.05, 0) is 6.92 Å². The van der Waals surface area contributed by atoms with Gasteiger partial charge >= 0.3 is 0 Å². The molecule has 0 radical (unpaired) electrons. The van der Waals surface area contributed by atoms with E-state index in [9.17, 15) is 0 Å². The van der Waals surface area contributed by atoms with E-state index in [4.69, 9.17) is 11.6 Å². The molecular weight excluding hydrogens is 208 g/mol. The van der Waals surface area contributed by atoms with Gasteiger partial charge in [0.1, 0.15) is 5.82 Å². The van der Waals surface area contributed by atoms with Crippen molar-refractivity contribution in [1.29, 1.82) is 0 Å². The zero-order valence-electron chi connectivity index (χ0n) is 8.63. The van der Waals surface area contributed by atoms with E-state index < -0.39 is 0 Å². The lowest BCUT2D eigenvalue weighted by molar-refractivity contribution is 0.988. The number of benzene rings is 1. The van der Waals surface area contributed by atoms with Crippen LogP contribution in [0.15, 0.2) is 30.3 Å². The molecule has 0 saturated heterocycles. The van der Waals surface area contributed by atoms with Crippen LogP contribution in [0.2, 0.25) is 0 Å². The minimum Gasteiger partial charge on any atom is -0.346 e. The van der Waals surface area contributed by atoms with E-state index in [1.165, 1.54) is 0 Å². The Kier molecular flexibility index (Phi) is 3.07. The summed E-state index contributed by atoms with van der Waals surface area (Å²) in [5.74, 6) is 1.56. The third kappa shape index (κ3) is 2.21. The number of nitrogens with zero attached hydrogens (tertiary/aromatic N) is 1. The molecule has 0 unspecified atom stereocenters. The van der Waals surface area contributed by atoms with E-state index in [-0.39, 0.29) is 0 Å². The molecule has 0 spiro atoms. The Bertz CT molecular complexity index is 434. The molecule has 0 fully saturated rings. The lowest BCUT2D eigenvalue weighted by Crippen LogP contribution is -1.88. The minimum atomic E-state index is 0.598. The molecule has 0 saturated carbocycles. The number of alkyl halides is 1. The number of aromatic amines is 1. The van der Waals surface area contributed by atoms with E-state index in [0.29, 0.717) is 5.88 Å². The van der Waals surface area contributed by atoms with Gasteiger partial charge in [-0.2, -0.15) is 0 Å². The number of hydrogen-bond acceptors (Lipinski definition) is 1. The topological polar surface area (TPSA) is 28.7 Å². The van der Waals surface area contributed by atoms with Gasteiger partial charge in [0.2, 0.25) is 0 Å². The Balaban J connectivity index is 2.36. The molecule has 1 aromatic carbocycles. The predicted molar refractivity (Wildman–Crippen MR) is 63.2 cm³/mol. The summed E-state index contributed by atoms with van der Waals surface area (Å²) in [6, 6.07) is 10.2. The summed E-state index contributed by atoms with van der Waals surface area (Å²) in [7, 11) is 0. The Labute approximate surface area is 94.3 Å². The van der Waals surface area contributed by atoms with Gasteiger partial charge in [0.05, 0.1) is 5.69 Å². The maximum Gasteiger partial charge on any atom is 0.108 e. The number of imidazole rings is 1. The van der Waals surface area contributed by atoms with E-state index >= 15 is 0 Å². The smallest absolute Gasteiger partial charge is 0.108 e. The van der Waals surface area contributed by atoms with Crippen molar-refractivity contribution in [2.45, 2.75) is 13.3 Å². The summed E-state index contributed by atoms with van der Waals surface area (Å²) in [5.41, 5.74) is 3.27. The van der Waals surface area contributed by atoms with Gasteiger partial charge in [0.25, 0.3) is 0 Å². The second-order valence-corrected chi connectivity index (χ2v) is 3.84. The second kappa shape index (κ2) is 4.49. The molecule has 0 bridgehead atoms. The van der Waals surface area contributed by atoms with Gasteiger partial charge < -0.3 is 4.98 Å². The van der Waals surface area contributed by atoms with Crippen molar-refractivity contribution in [2.24, 2.45) is 0 Å². The molecular formula is C12H13ClN2. The predicted octanol–water partition coefficient (Wildman–Crippen LogP) is 3.17. The Morgan fingerprint density at radius 1 is 1.27 bits per heavy atom. The summed E-state index contributed by atoms with van der Waals surface area (Å²) in [4.78, 5) is 7.78. The number of rotatable bonds is 3. The van der Waals surface area contributed by atoms with Crippen LogP contribution in [-0.4, -0.2) is 15.8 Å². The lowest BCUT2D eigenvalue weighted by atomic mass is 10.1. The molecule has 1 heterocycles. The number of hydrogen-bond donors (Lipinski definition) is 1. The number of halogens is 1. The molecule has 78 valence electrons. The van der Waals surface area contributed by atoms with Crippen LogP contribution in [0.4, 0.5) is 0 Å². The Hall–Kier alpha value is -1.28. The minimum absolute atomic E-state index is 0.598. The number of aromatic nitrogens is 2. The first-order valence-electron chi connectivity index (χ1n) is 4.98. The summed E-state index contributed by atoms with van der Waals surface area (Å²) in [6.07, 6.45) is 0.787. The standard InChI is InChI=1S/C12H13ClN2/c1-9-12(10-5-3-2-4-6-10)15-11(14-9)7-8-13/h2-6H,7-8H2,1H3,(H,14,15). The van der Waals surface area contributed by atoms with Gasteiger partial charge in [-0.3, -0.25) is 0 Å². The van der Waals surface area contributed by atoms with Crippen molar-refractivity contribution in [3.05, 3.63) is 41.9 Å². The molecule has 2 aromatic rings. The monoisotopic (exact) mass is 220 g/mol. The molecule has 1 aromatic heterocycles. The number of H-pyrrole nitrogens is 1. The Morgan fingerprint density at radius 3 is 2.67 bits per heavy atom. The molecule has 15 heavy (non-hydrogen) atoms. The maximum atomic E-state index is 5.68. The fourth-order valence-corrected chi connectivity index (χ4v) is 1.79. The lowest BCUT2D eigenvalue weighted by Gasteiger charge is -1.96. The highest BCUT2D eigenvalue weighted by Crippen LogP contribution is 2.20. The maximum absolute atomic E-state index is 5.68. The van der Waals surface area contributed by atoms with Crippen LogP contribution in [0.1, 0.15) is 11.5 Å². The molecule has 2 nitrogen and oxygen atoms in total. The highest BCUT2D eigenvalue weighted by Gasteiger charge is 2.07. The third-order valence-electron chi connectivity index (χ3n) is 2.31. The fourth-order valence-electron chi connectivity index (χ4n) is 1.61. The number of nitrogens with one attached hydrogen (secondary N) is 1. The summed E-state index contributed by atoms with van der Waals surface area (Å²) in [5, 5.41) is 0. The van der Waals surface area contributed by atoms with E-state index in [0.717, 1.165) is 29.2 Å². The summed E-state index contributed by atoms with van der Waals surface area (Å²) in [6.45, 7) is 2.03. The van der Waals surface area contributed by atoms with Gasteiger partial charge in [0, 0.05) is 23.6 Å². The SMILES string of the molecule is Cc1[nH]c(CCCl)nc1-c1ccccc1. The molecule has 0 aliphatic heterocycles. The van der Waals surface area contributed by atoms with Crippen molar-refractivity contribution < 1.29 is 0 Å². The van der Waals surface area contributed by atoms with Crippen molar-refractivity contribution >= 4 is 11.6 Å². The van der Waals surface area contributed by atoms with E-state index in [2.05, 4.69) is 22.1 Å². The molecule has 2 rings (SSSR count). The third-order valence-corrected chi connectivity index (χ3v) is 2.50. The first-order valence-corrected chi connectivity index (χ1v) is 5.51. The van der Waals surface area contributed by atoms with Crippen LogP contribution in [0.3, 0.4) is 0 Å². The zero-order chi connectivity index (χ0) is 10.7. The average molecular weight is 221 g/mol. The van der Waals surface area contributed by atoms with Gasteiger partial charge in [-0.25, -0.2) is 4.98 Å². The largest absolute Gasteiger partial charge is 0.346 e. The normalized spacial score (nSPS) is 10.5. The summed E-state index contributed by atoms with van der Waals surface area (Å²) >= 11 is 5.68. The second-order valence-electron chi connectivity index (χ2n) is 3.46. The Morgan fingerprint density at radius 2 is 2.00 bits per heavy atom. The van der Waals surface area contributed by atoms with Gasteiger partial charge in [0.15, 0.2) is 0 Å². The van der Waals surface area contributed by atoms with Crippen molar-refractivity contribution in [3.8, 4) is 11.3 Å². The van der Waals surface area contributed by atoms with Crippen LogP contribution in [0.5, 0.6) is 0 Å². The van der Waals surface area contributed by atoms with Crippen LogP contribution >= 0.6 is 11.6 Å². The molecule has 3 heteroatoms. The van der Waals surface area contributed by atoms with Crippen LogP contribution in [-0.2, 0) is 6.42 Å². The fraction of sp³-hybridized carbons (Fsp3) is 0.250. The quantitative estimate of drug-likeness (QED) is 0.791. The van der Waals surface area contributed by atoms with Gasteiger partial charge in [-0.15, -0.1) is 11.6 Å². The van der Waals surface area contributed by atoms with E-state index in [1.807, 2.05) is 25.1 Å². The molecule has 1 N–H and O–H groups in total. The van der Waals surface area contributed by atoms with Crippen molar-refractivity contribution in [3.63, 3.8) is 0 Å². The van der Waals surface area contributed by atoms with Crippen molar-refractivity contribution in [1.82, 2.24) is 9.97 Å². The first-order chi connectivity index (χ1) is 7.31. The highest BCUT2D eigenvalue weighted by molar-refractivity contribution is 6.17. The number of aryl methyl sites for hydroxylation is 2. The van der Waals surface area contributed by atoms with E-state index in [1.54, 1.807) is 0 Å². The van der Waals surface area contributed by atoms with Gasteiger partial charge in [-0.1, -0.05) is 30.3 Å². The van der Waals surface area contributed by atoms with Crippen molar-refractivity contribution in [2.75, 3.05) is 5.88 Å². The molecule has 0 aliphatic carbocycles. The molecule has 0 atom stereocenters. The molecule has 0 amide bonds. The average Bonchev–Trinajstić information content (AvgIpc) is 2.61. The highest BCUT2D eigenvalue weighted by atomic mass is 35.5. The molecule has 0 aliphatic rings. The van der Waals surface area contributed by atoms with Crippen LogP contribution in [0.25, 0.3) is 11.3 Å².